The van der Waals surface area contributed by atoms with Crippen LogP contribution < -0.4 is 5.32 Å². The largest absolute Gasteiger partial charge is 0.481 e. The monoisotopic (exact) mass is 281 g/mol. The summed E-state index contributed by atoms with van der Waals surface area (Å²) in [6.07, 6.45) is 7.78. The molecule has 2 saturated carbocycles. The zero-order valence-corrected chi connectivity index (χ0v) is 12.7. The Morgan fingerprint density at radius 2 is 1.60 bits per heavy atom. The highest BCUT2D eigenvalue weighted by Gasteiger charge is 2.39. The summed E-state index contributed by atoms with van der Waals surface area (Å²) in [5.74, 6) is -1.67. The highest BCUT2D eigenvalue weighted by Crippen LogP contribution is 2.36. The number of aliphatic carboxylic acids is 1. The summed E-state index contributed by atoms with van der Waals surface area (Å²) in [5, 5.41) is 12.4. The van der Waals surface area contributed by atoms with E-state index in [1.54, 1.807) is 0 Å². The van der Waals surface area contributed by atoms with Gasteiger partial charge in [-0.05, 0) is 31.1 Å². The van der Waals surface area contributed by atoms with Gasteiger partial charge in [-0.15, -0.1) is 0 Å². The fourth-order valence-corrected chi connectivity index (χ4v) is 3.78. The maximum Gasteiger partial charge on any atom is 0.307 e. The van der Waals surface area contributed by atoms with Gasteiger partial charge >= 0.3 is 5.97 Å². The summed E-state index contributed by atoms with van der Waals surface area (Å²) in [5.41, 5.74) is 0.126. The summed E-state index contributed by atoms with van der Waals surface area (Å²) >= 11 is 0. The van der Waals surface area contributed by atoms with Crippen LogP contribution in [0, 0.1) is 17.3 Å². The molecule has 20 heavy (non-hydrogen) atoms. The van der Waals surface area contributed by atoms with Crippen molar-refractivity contribution < 1.29 is 14.7 Å². The summed E-state index contributed by atoms with van der Waals surface area (Å²) < 4.78 is 0. The predicted octanol–water partition coefficient (Wildman–Crippen LogP) is 2.96. The average Bonchev–Trinajstić information content (AvgIpc) is 2.41. The standard InChI is InChI=1S/C16H27NO3/c1-16(2)10-6-5-9-13(16)17-14(18)11-7-3-4-8-12(11)15(19)20/h11-13H,3-10H2,1-2H3,(H,17,18)(H,19,20). The van der Waals surface area contributed by atoms with Crippen molar-refractivity contribution in [1.29, 1.82) is 0 Å². The van der Waals surface area contributed by atoms with E-state index >= 15 is 0 Å². The van der Waals surface area contributed by atoms with E-state index in [1.165, 1.54) is 6.42 Å². The second-order valence-electron chi connectivity index (χ2n) is 7.13. The molecule has 2 rings (SSSR count). The summed E-state index contributed by atoms with van der Waals surface area (Å²) in [7, 11) is 0. The van der Waals surface area contributed by atoms with E-state index in [0.717, 1.165) is 38.5 Å². The van der Waals surface area contributed by atoms with Gasteiger partial charge in [0, 0.05) is 6.04 Å². The molecule has 4 nitrogen and oxygen atoms in total. The second kappa shape index (κ2) is 6.15. The Hall–Kier alpha value is -1.06. The van der Waals surface area contributed by atoms with E-state index in [1.807, 2.05) is 0 Å². The first-order valence-electron chi connectivity index (χ1n) is 7.95. The van der Waals surface area contributed by atoms with Crippen LogP contribution in [0.4, 0.5) is 0 Å². The van der Waals surface area contributed by atoms with Gasteiger partial charge < -0.3 is 10.4 Å². The van der Waals surface area contributed by atoms with Crippen molar-refractivity contribution in [2.45, 2.75) is 71.3 Å². The number of nitrogens with one attached hydrogen (secondary N) is 1. The Balaban J connectivity index is 2.01. The maximum absolute atomic E-state index is 12.5. The van der Waals surface area contributed by atoms with Crippen molar-refractivity contribution in [2.24, 2.45) is 17.3 Å². The molecule has 2 aliphatic carbocycles. The fraction of sp³-hybridized carbons (Fsp3) is 0.875. The molecule has 0 saturated heterocycles. The van der Waals surface area contributed by atoms with Gasteiger partial charge in [0.25, 0.3) is 0 Å². The van der Waals surface area contributed by atoms with E-state index in [9.17, 15) is 14.7 Å². The molecule has 0 aromatic carbocycles. The Kier molecular flexibility index (Phi) is 4.71. The lowest BCUT2D eigenvalue weighted by atomic mass is 9.72. The van der Waals surface area contributed by atoms with Gasteiger partial charge in [-0.1, -0.05) is 39.5 Å². The number of carboxylic acid groups (broad SMARTS) is 1. The number of carbonyl (C=O) groups is 2. The molecule has 3 atom stereocenters. The molecule has 0 aliphatic heterocycles. The van der Waals surface area contributed by atoms with Gasteiger partial charge in [-0.3, -0.25) is 9.59 Å². The van der Waals surface area contributed by atoms with Crippen molar-refractivity contribution in [2.75, 3.05) is 0 Å². The Morgan fingerprint density at radius 3 is 2.20 bits per heavy atom. The normalized spacial score (nSPS) is 33.4. The first-order chi connectivity index (χ1) is 9.42. The van der Waals surface area contributed by atoms with Gasteiger partial charge in [0.2, 0.25) is 5.91 Å². The fourth-order valence-electron chi connectivity index (χ4n) is 3.78. The third-order valence-corrected chi connectivity index (χ3v) is 5.24. The third-order valence-electron chi connectivity index (χ3n) is 5.24. The second-order valence-corrected chi connectivity index (χ2v) is 7.13. The molecule has 4 heteroatoms. The van der Waals surface area contributed by atoms with Gasteiger partial charge in [0.05, 0.1) is 11.8 Å². The minimum atomic E-state index is -0.812. The number of hydrogen-bond donors (Lipinski definition) is 2. The van der Waals surface area contributed by atoms with Gasteiger partial charge in [0.15, 0.2) is 0 Å². The number of carbonyl (C=O) groups excluding carboxylic acids is 1. The highest BCUT2D eigenvalue weighted by molar-refractivity contribution is 5.85. The van der Waals surface area contributed by atoms with Crippen molar-refractivity contribution in [3.63, 3.8) is 0 Å². The van der Waals surface area contributed by atoms with Crippen molar-refractivity contribution in [3.05, 3.63) is 0 Å². The molecule has 1 amide bonds. The molecule has 2 fully saturated rings. The Labute approximate surface area is 121 Å². The molecular formula is C16H27NO3. The minimum Gasteiger partial charge on any atom is -0.481 e. The summed E-state index contributed by atoms with van der Waals surface area (Å²) in [6, 6.07) is 0.195. The molecule has 0 bridgehead atoms. The van der Waals surface area contributed by atoms with Crippen LogP contribution in [0.1, 0.15) is 65.2 Å². The van der Waals surface area contributed by atoms with Crippen LogP contribution in [0.3, 0.4) is 0 Å². The maximum atomic E-state index is 12.5. The molecule has 2 N–H and O–H groups in total. The Bertz CT molecular complexity index is 378. The summed E-state index contributed by atoms with van der Waals surface area (Å²) in [4.78, 5) is 23.8. The molecule has 0 heterocycles. The highest BCUT2D eigenvalue weighted by atomic mass is 16.4. The van der Waals surface area contributed by atoms with Gasteiger partial charge in [-0.25, -0.2) is 0 Å². The smallest absolute Gasteiger partial charge is 0.307 e. The average molecular weight is 281 g/mol. The topological polar surface area (TPSA) is 66.4 Å². The van der Waals surface area contributed by atoms with Crippen LogP contribution in [-0.2, 0) is 9.59 Å². The van der Waals surface area contributed by atoms with Crippen LogP contribution in [-0.4, -0.2) is 23.0 Å². The number of rotatable bonds is 3. The number of hydrogen-bond acceptors (Lipinski definition) is 2. The molecule has 0 aromatic heterocycles. The molecule has 0 aromatic rings. The lowest BCUT2D eigenvalue weighted by Gasteiger charge is -2.40. The quantitative estimate of drug-likeness (QED) is 0.835. The van der Waals surface area contributed by atoms with Gasteiger partial charge in [0.1, 0.15) is 0 Å². The van der Waals surface area contributed by atoms with E-state index in [2.05, 4.69) is 19.2 Å². The molecule has 2 aliphatic rings. The van der Waals surface area contributed by atoms with Crippen molar-refractivity contribution >= 4 is 11.9 Å². The van der Waals surface area contributed by atoms with E-state index in [4.69, 9.17) is 0 Å². The Morgan fingerprint density at radius 1 is 1.00 bits per heavy atom. The summed E-state index contributed by atoms with van der Waals surface area (Å²) in [6.45, 7) is 4.40. The minimum absolute atomic E-state index is 0.0305. The van der Waals surface area contributed by atoms with Crippen molar-refractivity contribution in [3.8, 4) is 0 Å². The SMILES string of the molecule is CC1(C)CCCCC1NC(=O)C1CCCCC1C(=O)O. The van der Waals surface area contributed by atoms with Crippen LogP contribution >= 0.6 is 0 Å². The lowest BCUT2D eigenvalue weighted by Crippen LogP contribution is -2.50. The zero-order chi connectivity index (χ0) is 14.8. The molecule has 0 spiro atoms. The van der Waals surface area contributed by atoms with E-state index < -0.39 is 11.9 Å². The molecule has 0 radical (unpaired) electrons. The number of amides is 1. The van der Waals surface area contributed by atoms with E-state index in [-0.39, 0.29) is 23.3 Å². The first kappa shape index (κ1) is 15.3. The third kappa shape index (κ3) is 3.33. The van der Waals surface area contributed by atoms with E-state index in [0.29, 0.717) is 6.42 Å². The molecule has 3 unspecified atom stereocenters. The zero-order valence-electron chi connectivity index (χ0n) is 12.7. The van der Waals surface area contributed by atoms with Crippen LogP contribution in [0.25, 0.3) is 0 Å². The predicted molar refractivity (Wildman–Crippen MR) is 77.3 cm³/mol. The van der Waals surface area contributed by atoms with Crippen LogP contribution in [0.5, 0.6) is 0 Å². The molecular weight excluding hydrogens is 254 g/mol. The lowest BCUT2D eigenvalue weighted by molar-refractivity contribution is -0.149. The van der Waals surface area contributed by atoms with Gasteiger partial charge in [-0.2, -0.15) is 0 Å². The number of carboxylic acids is 1. The van der Waals surface area contributed by atoms with Crippen LogP contribution in [0.2, 0.25) is 0 Å². The van der Waals surface area contributed by atoms with Crippen molar-refractivity contribution in [1.82, 2.24) is 5.32 Å². The van der Waals surface area contributed by atoms with Crippen LogP contribution in [0.15, 0.2) is 0 Å². The first-order valence-corrected chi connectivity index (χ1v) is 7.95. The molecule has 114 valence electrons.